The van der Waals surface area contributed by atoms with Crippen LogP contribution in [0.2, 0.25) is 5.15 Å². The number of carbonyl (C=O) groups excluding carboxylic acids is 2. The lowest BCUT2D eigenvalue weighted by Gasteiger charge is -2.28. The smallest absolute Gasteiger partial charge is 0.471 e. The van der Waals surface area contributed by atoms with Crippen LogP contribution in [0.15, 0.2) is 36.5 Å². The molecule has 0 aliphatic carbocycles. The molecule has 3 heterocycles. The molecule has 0 radical (unpaired) electrons. The third-order valence-corrected chi connectivity index (χ3v) is 6.65. The number of likely N-dealkylation sites (tertiary alicyclic amines) is 1. The highest BCUT2D eigenvalue weighted by Gasteiger charge is 2.46. The van der Waals surface area contributed by atoms with Gasteiger partial charge in [-0.25, -0.2) is 14.2 Å². The summed E-state index contributed by atoms with van der Waals surface area (Å²) < 4.78 is 64.8. The SMILES string of the molecule is CCOC(=O)c1cnc2ccc(Cl)nc2c1NCC[C@H](C)Oc1ccc(F)cc1[C@H]1CCCN1C(=O)C(F)(F)F. The highest BCUT2D eigenvalue weighted by atomic mass is 35.5. The molecule has 0 saturated carbocycles. The number of benzene rings is 1. The zero-order chi connectivity index (χ0) is 29.0. The lowest BCUT2D eigenvalue weighted by Crippen LogP contribution is -2.40. The highest BCUT2D eigenvalue weighted by molar-refractivity contribution is 6.29. The summed E-state index contributed by atoms with van der Waals surface area (Å²) in [7, 11) is 0. The number of amides is 1. The van der Waals surface area contributed by atoms with Crippen LogP contribution in [0, 0.1) is 5.82 Å². The molecule has 1 saturated heterocycles. The fourth-order valence-corrected chi connectivity index (χ4v) is 4.79. The van der Waals surface area contributed by atoms with E-state index in [0.717, 1.165) is 17.0 Å². The maximum atomic E-state index is 14.2. The largest absolute Gasteiger partial charge is 0.490 e. The van der Waals surface area contributed by atoms with Gasteiger partial charge in [0.15, 0.2) is 0 Å². The number of hydrogen-bond acceptors (Lipinski definition) is 7. The van der Waals surface area contributed by atoms with Crippen molar-refractivity contribution in [3.05, 3.63) is 58.6 Å². The Morgan fingerprint density at radius 2 is 2.02 bits per heavy atom. The highest BCUT2D eigenvalue weighted by Crippen LogP contribution is 2.40. The minimum absolute atomic E-state index is 0.0841. The Labute approximate surface area is 232 Å². The van der Waals surface area contributed by atoms with Crippen LogP contribution in [0.5, 0.6) is 5.75 Å². The molecule has 13 heteroatoms. The normalized spacial score (nSPS) is 16.2. The molecule has 0 spiro atoms. The molecule has 1 aromatic carbocycles. The van der Waals surface area contributed by atoms with Crippen molar-refractivity contribution in [3.8, 4) is 5.75 Å². The van der Waals surface area contributed by atoms with Crippen molar-refractivity contribution in [2.24, 2.45) is 0 Å². The Morgan fingerprint density at radius 3 is 2.75 bits per heavy atom. The van der Waals surface area contributed by atoms with E-state index in [-0.39, 0.29) is 41.6 Å². The summed E-state index contributed by atoms with van der Waals surface area (Å²) >= 11 is 6.08. The Morgan fingerprint density at radius 1 is 1.25 bits per heavy atom. The standard InChI is InChI=1S/C27H27ClF4N4O4/c1-3-39-25(37)18-14-34-19-7-9-22(28)35-24(19)23(18)33-11-10-15(2)40-21-8-6-16(29)13-17(21)20-5-4-12-36(20)26(38)27(30,31)32/h6-9,13-15,20H,3-5,10-12H2,1-2H3,(H,33,34)/t15-,20+/m0/s1. The molecule has 40 heavy (non-hydrogen) atoms. The number of halogens is 5. The molecule has 8 nitrogen and oxygen atoms in total. The molecule has 1 aliphatic rings. The molecule has 2 atom stereocenters. The molecule has 1 fully saturated rings. The molecule has 3 aromatic rings. The number of nitrogens with zero attached hydrogens (tertiary/aromatic N) is 3. The zero-order valence-electron chi connectivity index (χ0n) is 21.7. The topological polar surface area (TPSA) is 93.7 Å². The van der Waals surface area contributed by atoms with Gasteiger partial charge in [0.2, 0.25) is 0 Å². The van der Waals surface area contributed by atoms with E-state index in [1.54, 1.807) is 26.0 Å². The Hall–Kier alpha value is -3.67. The minimum Gasteiger partial charge on any atom is -0.490 e. The maximum absolute atomic E-state index is 14.2. The minimum atomic E-state index is -5.03. The molecule has 214 valence electrons. The quantitative estimate of drug-likeness (QED) is 0.185. The Bertz CT molecular complexity index is 1400. The van der Waals surface area contributed by atoms with Crippen LogP contribution in [0.4, 0.5) is 23.2 Å². The van der Waals surface area contributed by atoms with Crippen molar-refractivity contribution in [2.75, 3.05) is 25.0 Å². The van der Waals surface area contributed by atoms with Gasteiger partial charge >= 0.3 is 18.1 Å². The fraction of sp³-hybridized carbons (Fsp3) is 0.407. The summed E-state index contributed by atoms with van der Waals surface area (Å²) in [6, 6.07) is 5.90. The lowest BCUT2D eigenvalue weighted by molar-refractivity contribution is -0.186. The predicted molar refractivity (Wildman–Crippen MR) is 140 cm³/mol. The van der Waals surface area contributed by atoms with Crippen molar-refractivity contribution >= 4 is 40.2 Å². The van der Waals surface area contributed by atoms with Crippen LogP contribution in [0.25, 0.3) is 11.0 Å². The second kappa shape index (κ2) is 12.2. The molecule has 0 unspecified atom stereocenters. The van der Waals surface area contributed by atoms with E-state index >= 15 is 0 Å². The average Bonchev–Trinajstić information content (AvgIpc) is 3.38. The first-order valence-electron chi connectivity index (χ1n) is 12.7. The summed E-state index contributed by atoms with van der Waals surface area (Å²) in [5, 5.41) is 3.39. The first-order chi connectivity index (χ1) is 19.0. The van der Waals surface area contributed by atoms with Gasteiger partial charge in [-0.3, -0.25) is 9.78 Å². The van der Waals surface area contributed by atoms with Gasteiger partial charge in [0, 0.05) is 31.3 Å². The van der Waals surface area contributed by atoms with Gasteiger partial charge in [0.25, 0.3) is 0 Å². The van der Waals surface area contributed by atoms with Gasteiger partial charge in [0.05, 0.1) is 30.0 Å². The van der Waals surface area contributed by atoms with Crippen LogP contribution in [-0.4, -0.2) is 58.7 Å². The van der Waals surface area contributed by atoms with Crippen molar-refractivity contribution in [1.82, 2.24) is 14.9 Å². The molecule has 2 aromatic heterocycles. The first-order valence-corrected chi connectivity index (χ1v) is 13.1. The summed E-state index contributed by atoms with van der Waals surface area (Å²) in [5.74, 6) is -3.00. The molecule has 0 bridgehead atoms. The van der Waals surface area contributed by atoms with Crippen molar-refractivity contribution in [3.63, 3.8) is 0 Å². The predicted octanol–water partition coefficient (Wildman–Crippen LogP) is 6.09. The van der Waals surface area contributed by atoms with Gasteiger partial charge < -0.3 is 19.7 Å². The maximum Gasteiger partial charge on any atom is 0.471 e. The number of rotatable bonds is 9. The van der Waals surface area contributed by atoms with E-state index in [9.17, 15) is 27.2 Å². The Balaban J connectivity index is 1.51. The molecule has 4 rings (SSSR count). The van der Waals surface area contributed by atoms with Gasteiger partial charge in [-0.2, -0.15) is 13.2 Å². The Kier molecular flexibility index (Phi) is 8.97. The molecule has 1 amide bonds. The molecular formula is C27H27ClF4N4O4. The zero-order valence-corrected chi connectivity index (χ0v) is 22.5. The van der Waals surface area contributed by atoms with E-state index in [2.05, 4.69) is 15.3 Å². The second-order valence-corrected chi connectivity index (χ2v) is 9.64. The summed E-state index contributed by atoms with van der Waals surface area (Å²) in [6.07, 6.45) is -3.16. The third-order valence-electron chi connectivity index (χ3n) is 6.44. The van der Waals surface area contributed by atoms with Crippen molar-refractivity contribution < 1.29 is 36.6 Å². The van der Waals surface area contributed by atoms with E-state index in [4.69, 9.17) is 21.1 Å². The van der Waals surface area contributed by atoms with E-state index in [1.807, 2.05) is 0 Å². The van der Waals surface area contributed by atoms with Crippen molar-refractivity contribution in [2.45, 2.75) is 51.4 Å². The van der Waals surface area contributed by atoms with Crippen molar-refractivity contribution in [1.29, 1.82) is 0 Å². The van der Waals surface area contributed by atoms with E-state index in [1.165, 1.54) is 12.3 Å². The number of alkyl halides is 3. The fourth-order valence-electron chi connectivity index (χ4n) is 4.64. The second-order valence-electron chi connectivity index (χ2n) is 9.25. The summed E-state index contributed by atoms with van der Waals surface area (Å²) in [5.41, 5.74) is 1.62. The van der Waals surface area contributed by atoms with Crippen LogP contribution in [-0.2, 0) is 9.53 Å². The van der Waals surface area contributed by atoms with Gasteiger partial charge in [0.1, 0.15) is 27.8 Å². The number of aromatic nitrogens is 2. The summed E-state index contributed by atoms with van der Waals surface area (Å²) in [4.78, 5) is 33.8. The first kappa shape index (κ1) is 29.3. The van der Waals surface area contributed by atoms with E-state index in [0.29, 0.717) is 36.1 Å². The van der Waals surface area contributed by atoms with Crippen LogP contribution >= 0.6 is 11.6 Å². The molecule has 1 aliphatic heterocycles. The number of hydrogen-bond donors (Lipinski definition) is 1. The van der Waals surface area contributed by atoms with E-state index < -0.39 is 36.0 Å². The molecular weight excluding hydrogens is 556 g/mol. The van der Waals surface area contributed by atoms with Gasteiger partial charge in [-0.05, 0) is 57.0 Å². The lowest BCUT2D eigenvalue weighted by atomic mass is 10.0. The number of pyridine rings is 2. The van der Waals surface area contributed by atoms with Crippen LogP contribution in [0.1, 0.15) is 55.1 Å². The van der Waals surface area contributed by atoms with Gasteiger partial charge in [-0.1, -0.05) is 11.6 Å². The monoisotopic (exact) mass is 582 g/mol. The number of anilines is 1. The number of fused-ring (bicyclic) bond motifs is 1. The van der Waals surface area contributed by atoms with Crippen LogP contribution < -0.4 is 10.1 Å². The van der Waals surface area contributed by atoms with Crippen LogP contribution in [0.3, 0.4) is 0 Å². The average molecular weight is 583 g/mol. The molecule has 1 N–H and O–H groups in total. The number of carbonyl (C=O) groups is 2. The number of nitrogens with one attached hydrogen (secondary N) is 1. The summed E-state index contributed by atoms with van der Waals surface area (Å²) in [6.45, 7) is 3.80. The van der Waals surface area contributed by atoms with Gasteiger partial charge in [-0.15, -0.1) is 0 Å². The third kappa shape index (κ3) is 6.55. The number of esters is 1. The number of ether oxygens (including phenoxy) is 2.